The molecule has 0 aromatic heterocycles. The van der Waals surface area contributed by atoms with E-state index in [9.17, 15) is 4.79 Å². The molecule has 1 aromatic rings. The third-order valence-corrected chi connectivity index (χ3v) is 4.37. The highest BCUT2D eigenvalue weighted by Gasteiger charge is 2.26. The number of halogens is 2. The topological polar surface area (TPSA) is 64.4 Å². The average Bonchev–Trinajstić information content (AvgIpc) is 2.43. The number of amides is 1. The number of hydrogen-bond acceptors (Lipinski definition) is 3. The fourth-order valence-electron chi connectivity index (χ4n) is 2.19. The second kappa shape index (κ2) is 7.98. The van der Waals surface area contributed by atoms with E-state index in [1.807, 2.05) is 25.1 Å². The molecule has 1 atom stereocenters. The van der Waals surface area contributed by atoms with E-state index in [0.717, 1.165) is 28.6 Å². The Morgan fingerprint density at radius 3 is 2.70 bits per heavy atom. The number of hydrogen-bond donors (Lipinski definition) is 2. The van der Waals surface area contributed by atoms with Crippen LogP contribution in [0.25, 0.3) is 0 Å². The van der Waals surface area contributed by atoms with Crippen LogP contribution in [0.4, 0.5) is 5.69 Å². The van der Waals surface area contributed by atoms with Crippen LogP contribution < -0.4 is 11.1 Å². The van der Waals surface area contributed by atoms with Crippen LogP contribution in [0.1, 0.15) is 18.4 Å². The molecule has 0 bridgehead atoms. The lowest BCUT2D eigenvalue weighted by Gasteiger charge is -2.26. The monoisotopic (exact) mass is 362 g/mol. The maximum atomic E-state index is 12.1. The number of aryl methyl sites for hydroxylation is 1. The Balaban J connectivity index is 0.00000200. The van der Waals surface area contributed by atoms with E-state index in [0.29, 0.717) is 13.2 Å². The lowest BCUT2D eigenvalue weighted by Crippen LogP contribution is -2.44. The van der Waals surface area contributed by atoms with Crippen LogP contribution in [0, 0.1) is 12.8 Å². The SMILES string of the molecule is Cc1ccc(NC(=O)C(N)C2CCOCC2)cc1Br.Cl. The smallest absolute Gasteiger partial charge is 0.241 e. The molecular formula is C14H20BrClN2O2. The Hall–Kier alpha value is -0.620. The number of carbonyl (C=O) groups is 1. The first-order valence-corrected chi connectivity index (χ1v) is 7.27. The van der Waals surface area contributed by atoms with Crippen LogP contribution in [0.2, 0.25) is 0 Å². The Morgan fingerprint density at radius 1 is 1.45 bits per heavy atom. The van der Waals surface area contributed by atoms with Crippen LogP contribution in [0.5, 0.6) is 0 Å². The molecule has 2 rings (SSSR count). The molecule has 0 aliphatic carbocycles. The highest BCUT2D eigenvalue weighted by molar-refractivity contribution is 9.10. The van der Waals surface area contributed by atoms with Crippen molar-refractivity contribution in [2.75, 3.05) is 18.5 Å². The molecular weight excluding hydrogens is 344 g/mol. The zero-order valence-corrected chi connectivity index (χ0v) is 13.8. The minimum absolute atomic E-state index is 0. The molecule has 20 heavy (non-hydrogen) atoms. The summed E-state index contributed by atoms with van der Waals surface area (Å²) in [5.41, 5.74) is 7.93. The van der Waals surface area contributed by atoms with Crippen molar-refractivity contribution in [3.63, 3.8) is 0 Å². The molecule has 0 spiro atoms. The highest BCUT2D eigenvalue weighted by Crippen LogP contribution is 2.22. The van der Waals surface area contributed by atoms with Crippen molar-refractivity contribution < 1.29 is 9.53 Å². The zero-order chi connectivity index (χ0) is 13.8. The van der Waals surface area contributed by atoms with E-state index in [2.05, 4.69) is 21.2 Å². The molecule has 1 aliphatic heterocycles. The summed E-state index contributed by atoms with van der Waals surface area (Å²) in [6, 6.07) is 5.27. The molecule has 4 nitrogen and oxygen atoms in total. The van der Waals surface area contributed by atoms with Crippen LogP contribution in [0.3, 0.4) is 0 Å². The van der Waals surface area contributed by atoms with Crippen molar-refractivity contribution >= 4 is 39.9 Å². The largest absolute Gasteiger partial charge is 0.381 e. The van der Waals surface area contributed by atoms with Gasteiger partial charge in [0.25, 0.3) is 0 Å². The molecule has 1 saturated heterocycles. The number of anilines is 1. The fourth-order valence-corrected chi connectivity index (χ4v) is 2.56. The summed E-state index contributed by atoms with van der Waals surface area (Å²) >= 11 is 3.45. The summed E-state index contributed by atoms with van der Waals surface area (Å²) in [6.45, 7) is 3.40. The molecule has 0 radical (unpaired) electrons. The predicted octanol–water partition coefficient (Wildman–Crippen LogP) is 2.87. The third-order valence-electron chi connectivity index (χ3n) is 3.52. The Kier molecular flexibility index (Phi) is 6.95. The van der Waals surface area contributed by atoms with Gasteiger partial charge in [0.1, 0.15) is 0 Å². The summed E-state index contributed by atoms with van der Waals surface area (Å²) in [5, 5.41) is 2.87. The van der Waals surface area contributed by atoms with Crippen molar-refractivity contribution in [2.45, 2.75) is 25.8 Å². The minimum atomic E-state index is -0.469. The van der Waals surface area contributed by atoms with E-state index in [-0.39, 0.29) is 24.2 Å². The summed E-state index contributed by atoms with van der Waals surface area (Å²) in [6.07, 6.45) is 1.71. The molecule has 1 aromatic carbocycles. The summed E-state index contributed by atoms with van der Waals surface area (Å²) < 4.78 is 6.26. The van der Waals surface area contributed by atoms with Gasteiger partial charge in [-0.05, 0) is 43.4 Å². The van der Waals surface area contributed by atoms with Crippen LogP contribution >= 0.6 is 28.3 Å². The number of nitrogens with one attached hydrogen (secondary N) is 1. The lowest BCUT2D eigenvalue weighted by atomic mass is 9.92. The van der Waals surface area contributed by atoms with Gasteiger partial charge in [-0.25, -0.2) is 0 Å². The lowest BCUT2D eigenvalue weighted by molar-refractivity contribution is -0.119. The molecule has 1 aliphatic rings. The van der Waals surface area contributed by atoms with Crippen molar-refractivity contribution in [3.8, 4) is 0 Å². The van der Waals surface area contributed by atoms with Crippen LogP contribution in [-0.2, 0) is 9.53 Å². The molecule has 1 heterocycles. The van der Waals surface area contributed by atoms with E-state index in [1.54, 1.807) is 0 Å². The molecule has 1 amide bonds. The van der Waals surface area contributed by atoms with Gasteiger partial charge in [-0.15, -0.1) is 12.4 Å². The summed E-state index contributed by atoms with van der Waals surface area (Å²) in [5.74, 6) is 0.0882. The van der Waals surface area contributed by atoms with Crippen LogP contribution in [0.15, 0.2) is 22.7 Å². The van der Waals surface area contributed by atoms with E-state index < -0.39 is 6.04 Å². The second-order valence-electron chi connectivity index (χ2n) is 4.93. The zero-order valence-electron chi connectivity index (χ0n) is 11.4. The summed E-state index contributed by atoms with van der Waals surface area (Å²) in [7, 11) is 0. The Labute approximate surface area is 134 Å². The first-order valence-electron chi connectivity index (χ1n) is 6.48. The maximum absolute atomic E-state index is 12.1. The normalized spacial score (nSPS) is 17.1. The van der Waals surface area contributed by atoms with Crippen molar-refractivity contribution in [1.29, 1.82) is 0 Å². The standard InChI is InChI=1S/C14H19BrN2O2.ClH/c1-9-2-3-11(8-12(9)15)17-14(18)13(16)10-4-6-19-7-5-10;/h2-3,8,10,13H,4-7,16H2,1H3,(H,17,18);1H. The molecule has 6 heteroatoms. The number of carbonyl (C=O) groups excluding carboxylic acids is 1. The first kappa shape index (κ1) is 17.4. The molecule has 1 fully saturated rings. The van der Waals surface area contributed by atoms with Gasteiger partial charge in [-0.2, -0.15) is 0 Å². The van der Waals surface area contributed by atoms with Gasteiger partial charge in [-0.1, -0.05) is 22.0 Å². The van der Waals surface area contributed by atoms with Crippen molar-refractivity contribution in [2.24, 2.45) is 11.7 Å². The second-order valence-corrected chi connectivity index (χ2v) is 5.78. The van der Waals surface area contributed by atoms with Gasteiger partial charge >= 0.3 is 0 Å². The number of ether oxygens (including phenoxy) is 1. The fraction of sp³-hybridized carbons (Fsp3) is 0.500. The van der Waals surface area contributed by atoms with Gasteiger partial charge in [0, 0.05) is 23.4 Å². The van der Waals surface area contributed by atoms with Crippen LogP contribution in [-0.4, -0.2) is 25.2 Å². The molecule has 1 unspecified atom stereocenters. The molecule has 0 saturated carbocycles. The van der Waals surface area contributed by atoms with Crippen molar-refractivity contribution in [1.82, 2.24) is 0 Å². The predicted molar refractivity (Wildman–Crippen MR) is 86.3 cm³/mol. The van der Waals surface area contributed by atoms with E-state index in [1.165, 1.54) is 0 Å². The first-order chi connectivity index (χ1) is 9.08. The number of rotatable bonds is 3. The number of nitrogens with two attached hydrogens (primary N) is 1. The van der Waals surface area contributed by atoms with E-state index in [4.69, 9.17) is 10.5 Å². The number of benzene rings is 1. The molecule has 112 valence electrons. The van der Waals surface area contributed by atoms with Gasteiger partial charge in [0.15, 0.2) is 0 Å². The van der Waals surface area contributed by atoms with Gasteiger partial charge in [0.2, 0.25) is 5.91 Å². The van der Waals surface area contributed by atoms with Gasteiger partial charge < -0.3 is 15.8 Å². The molecule has 3 N–H and O–H groups in total. The third kappa shape index (κ3) is 4.45. The van der Waals surface area contributed by atoms with Gasteiger partial charge in [-0.3, -0.25) is 4.79 Å². The quantitative estimate of drug-likeness (QED) is 0.868. The van der Waals surface area contributed by atoms with Gasteiger partial charge in [0.05, 0.1) is 6.04 Å². The average molecular weight is 364 g/mol. The van der Waals surface area contributed by atoms with E-state index >= 15 is 0 Å². The maximum Gasteiger partial charge on any atom is 0.241 e. The minimum Gasteiger partial charge on any atom is -0.381 e. The van der Waals surface area contributed by atoms with Crippen molar-refractivity contribution in [3.05, 3.63) is 28.2 Å². The Morgan fingerprint density at radius 2 is 2.10 bits per heavy atom. The summed E-state index contributed by atoms with van der Waals surface area (Å²) in [4.78, 5) is 12.1. The highest BCUT2D eigenvalue weighted by atomic mass is 79.9. The Bertz CT molecular complexity index is 464.